The summed E-state index contributed by atoms with van der Waals surface area (Å²) in [5.74, 6) is 0.912. The van der Waals surface area contributed by atoms with Crippen molar-refractivity contribution in [3.05, 3.63) is 40.1 Å². The number of phenolic OH excluding ortho intramolecular Hbond substituents is 1. The molecule has 0 bridgehead atoms. The van der Waals surface area contributed by atoms with Crippen molar-refractivity contribution in [1.29, 1.82) is 0 Å². The van der Waals surface area contributed by atoms with Crippen LogP contribution in [0.4, 0.5) is 0 Å². The number of phenols is 1. The quantitative estimate of drug-likeness (QED) is 0.506. The van der Waals surface area contributed by atoms with Crippen molar-refractivity contribution in [3.8, 4) is 23.0 Å². The molecule has 3 rings (SSSR count). The summed E-state index contributed by atoms with van der Waals surface area (Å²) in [5, 5.41) is 10.6. The number of hydrogen-bond acceptors (Lipinski definition) is 6. The largest absolute Gasteiger partial charge is 0.507 e. The van der Waals surface area contributed by atoms with Gasteiger partial charge < -0.3 is 23.7 Å². The zero-order chi connectivity index (χ0) is 19.0. The molecule has 0 radical (unpaired) electrons. The number of carbonyl (C=O) groups excluding carboxylic acids is 1. The second-order valence-electron chi connectivity index (χ2n) is 5.60. The average molecular weight is 419 g/mol. The van der Waals surface area contributed by atoms with E-state index in [-0.39, 0.29) is 11.5 Å². The molecular weight excluding hydrogens is 403 g/mol. The van der Waals surface area contributed by atoms with E-state index >= 15 is 0 Å². The van der Waals surface area contributed by atoms with Crippen molar-refractivity contribution < 1.29 is 28.5 Å². The molecule has 1 N–H and O–H groups in total. The monoisotopic (exact) mass is 418 g/mol. The number of fused-ring (bicyclic) bond motifs is 1. The third-order valence-electron chi connectivity index (χ3n) is 4.18. The molecular formula is C18H16BBrO6. The lowest BCUT2D eigenvalue weighted by atomic mass is 9.92. The van der Waals surface area contributed by atoms with Gasteiger partial charge in [-0.25, -0.2) is 0 Å². The molecule has 0 aliphatic carbocycles. The van der Waals surface area contributed by atoms with Gasteiger partial charge in [0.05, 0.1) is 31.4 Å². The Morgan fingerprint density at radius 2 is 1.73 bits per heavy atom. The van der Waals surface area contributed by atoms with Gasteiger partial charge in [-0.2, -0.15) is 0 Å². The Balaban J connectivity index is 2.18. The summed E-state index contributed by atoms with van der Waals surface area (Å²) in [6, 6.07) is 4.66. The maximum atomic E-state index is 13.1. The molecule has 8 heteroatoms. The first-order chi connectivity index (χ1) is 12.4. The van der Waals surface area contributed by atoms with Crippen molar-refractivity contribution in [2.75, 3.05) is 21.3 Å². The van der Waals surface area contributed by atoms with Crippen LogP contribution >= 0.6 is 15.9 Å². The van der Waals surface area contributed by atoms with Gasteiger partial charge in [0.1, 0.15) is 25.4 Å². The van der Waals surface area contributed by atoms with Crippen LogP contribution in [0, 0.1) is 0 Å². The average Bonchev–Trinajstić information content (AvgIpc) is 3.07. The van der Waals surface area contributed by atoms with Crippen LogP contribution in [0.1, 0.15) is 15.9 Å². The highest BCUT2D eigenvalue weighted by atomic mass is 79.9. The number of ketones is 1. The number of halogens is 1. The lowest BCUT2D eigenvalue weighted by Crippen LogP contribution is -2.07. The van der Waals surface area contributed by atoms with Gasteiger partial charge in [0.25, 0.3) is 0 Å². The van der Waals surface area contributed by atoms with Crippen LogP contribution in [-0.2, 0) is 0 Å². The van der Waals surface area contributed by atoms with E-state index in [1.165, 1.54) is 33.7 Å². The molecule has 2 aromatic carbocycles. The van der Waals surface area contributed by atoms with Gasteiger partial charge >= 0.3 is 0 Å². The lowest BCUT2D eigenvalue weighted by molar-refractivity contribution is 0.103. The summed E-state index contributed by atoms with van der Waals surface area (Å²) in [6.07, 6.45) is 1.38. The fourth-order valence-electron chi connectivity index (χ4n) is 2.84. The van der Waals surface area contributed by atoms with Gasteiger partial charge in [-0.1, -0.05) is 0 Å². The molecule has 134 valence electrons. The van der Waals surface area contributed by atoms with E-state index in [4.69, 9.17) is 18.6 Å². The van der Waals surface area contributed by atoms with Crippen LogP contribution in [0.3, 0.4) is 0 Å². The zero-order valence-electron chi connectivity index (χ0n) is 14.7. The van der Waals surface area contributed by atoms with E-state index in [0.29, 0.717) is 49.3 Å². The molecule has 26 heavy (non-hydrogen) atoms. The maximum absolute atomic E-state index is 13.1. The third kappa shape index (κ3) is 2.80. The van der Waals surface area contributed by atoms with Gasteiger partial charge in [-0.15, -0.1) is 0 Å². The van der Waals surface area contributed by atoms with Crippen LogP contribution in [0.25, 0.3) is 11.0 Å². The predicted molar refractivity (Wildman–Crippen MR) is 103 cm³/mol. The minimum atomic E-state index is -0.288. The van der Waals surface area contributed by atoms with Crippen LogP contribution < -0.4 is 19.7 Å². The fraction of sp³-hybridized carbons (Fsp3) is 0.167. The number of carbonyl (C=O) groups is 1. The van der Waals surface area contributed by atoms with Crippen LogP contribution in [-0.4, -0.2) is 40.1 Å². The van der Waals surface area contributed by atoms with Gasteiger partial charge in [0.15, 0.2) is 17.3 Å². The van der Waals surface area contributed by atoms with Crippen LogP contribution in [0.2, 0.25) is 0 Å². The Bertz CT molecular complexity index is 986. The minimum absolute atomic E-state index is 0.0374. The van der Waals surface area contributed by atoms with Crippen molar-refractivity contribution in [2.45, 2.75) is 0 Å². The minimum Gasteiger partial charge on any atom is -0.507 e. The van der Waals surface area contributed by atoms with Gasteiger partial charge in [0, 0.05) is 10.9 Å². The molecule has 1 heterocycles. The SMILES string of the molecule is Bc1c(Br)c(O)cc2c(C(=O)c3cc(OC)c(OC)c(OC)c3)coc12. The molecule has 0 atom stereocenters. The second-order valence-corrected chi connectivity index (χ2v) is 6.40. The molecule has 0 aliphatic heterocycles. The highest BCUT2D eigenvalue weighted by Gasteiger charge is 2.22. The molecule has 0 fully saturated rings. The third-order valence-corrected chi connectivity index (χ3v) is 5.18. The Morgan fingerprint density at radius 3 is 2.27 bits per heavy atom. The number of rotatable bonds is 5. The molecule has 1 aromatic heterocycles. The molecule has 0 aliphatic rings. The number of ether oxygens (including phenoxy) is 3. The van der Waals surface area contributed by atoms with E-state index in [2.05, 4.69) is 15.9 Å². The van der Waals surface area contributed by atoms with Gasteiger partial charge in [-0.3, -0.25) is 4.79 Å². The van der Waals surface area contributed by atoms with Crippen molar-refractivity contribution in [2.24, 2.45) is 0 Å². The first-order valence-corrected chi connectivity index (χ1v) is 8.46. The Morgan fingerprint density at radius 1 is 1.12 bits per heavy atom. The summed E-state index contributed by atoms with van der Waals surface area (Å²) in [7, 11) is 6.26. The molecule has 6 nitrogen and oxygen atoms in total. The Kier molecular flexibility index (Phi) is 4.87. The molecule has 0 saturated carbocycles. The fourth-order valence-corrected chi connectivity index (χ4v) is 3.13. The van der Waals surface area contributed by atoms with Crippen LogP contribution in [0.15, 0.2) is 33.4 Å². The van der Waals surface area contributed by atoms with E-state index in [0.717, 1.165) is 0 Å². The van der Waals surface area contributed by atoms with Gasteiger partial charge in [0.2, 0.25) is 5.75 Å². The molecule has 0 spiro atoms. The highest BCUT2D eigenvalue weighted by molar-refractivity contribution is 9.10. The smallest absolute Gasteiger partial charge is 0.203 e. The second kappa shape index (κ2) is 6.95. The maximum Gasteiger partial charge on any atom is 0.203 e. The molecule has 0 amide bonds. The molecule has 0 unspecified atom stereocenters. The summed E-state index contributed by atoms with van der Waals surface area (Å²) < 4.78 is 22.0. The number of furan rings is 1. The first kappa shape index (κ1) is 18.2. The zero-order valence-corrected chi connectivity index (χ0v) is 16.3. The van der Waals surface area contributed by atoms with Crippen molar-refractivity contribution in [1.82, 2.24) is 0 Å². The molecule has 3 aromatic rings. The predicted octanol–water partition coefficient (Wildman–Crippen LogP) is 2.42. The van der Waals surface area contributed by atoms with E-state index in [1.807, 2.05) is 0 Å². The first-order valence-electron chi connectivity index (χ1n) is 7.66. The normalized spacial score (nSPS) is 10.8. The topological polar surface area (TPSA) is 78.1 Å². The highest BCUT2D eigenvalue weighted by Crippen LogP contribution is 2.39. The van der Waals surface area contributed by atoms with Crippen molar-refractivity contribution >= 4 is 46.0 Å². The Labute approximate surface area is 159 Å². The summed E-state index contributed by atoms with van der Waals surface area (Å²) in [4.78, 5) is 13.1. The van der Waals surface area contributed by atoms with E-state index < -0.39 is 0 Å². The Hall–Kier alpha value is -2.61. The molecule has 0 saturated heterocycles. The lowest BCUT2D eigenvalue weighted by Gasteiger charge is -2.13. The van der Waals surface area contributed by atoms with Crippen molar-refractivity contribution in [3.63, 3.8) is 0 Å². The van der Waals surface area contributed by atoms with E-state index in [9.17, 15) is 9.90 Å². The number of hydrogen-bond donors (Lipinski definition) is 1. The summed E-state index contributed by atoms with van der Waals surface area (Å²) in [5.41, 5.74) is 1.93. The van der Waals surface area contributed by atoms with Gasteiger partial charge in [-0.05, 0) is 39.6 Å². The number of methoxy groups -OCH3 is 3. The standard InChI is InChI=1S/C18H16BBrO6/c1-23-12-4-8(5-13(24-2)18(12)25-3)16(22)10-7-26-17-9(10)6-11(21)15(20)14(17)19/h4-7,21H,19H2,1-3H3. The summed E-state index contributed by atoms with van der Waals surface area (Å²) >= 11 is 3.30. The summed E-state index contributed by atoms with van der Waals surface area (Å²) in [6.45, 7) is 0. The van der Waals surface area contributed by atoms with E-state index in [1.54, 1.807) is 20.0 Å². The number of aromatic hydroxyl groups is 1. The van der Waals surface area contributed by atoms with Crippen LogP contribution in [0.5, 0.6) is 23.0 Å². The number of benzene rings is 2.